The molecule has 0 saturated carbocycles. The van der Waals surface area contributed by atoms with Crippen LogP contribution in [0.3, 0.4) is 0 Å². The Kier molecular flexibility index (Phi) is 4.02. The smallest absolute Gasteiger partial charge is 0.336 e. The van der Waals surface area contributed by atoms with Crippen LogP contribution in [0.15, 0.2) is 24.3 Å². The molecule has 6 nitrogen and oxygen atoms in total. The minimum absolute atomic E-state index is 0.0620. The number of rotatable bonds is 3. The fourth-order valence-corrected chi connectivity index (χ4v) is 2.40. The molecule has 6 heteroatoms. The molecular formula is C14H15NO5. The summed E-state index contributed by atoms with van der Waals surface area (Å²) in [6.07, 6.45) is 1.23. The van der Waals surface area contributed by atoms with Crippen LogP contribution in [0, 0.1) is 0 Å². The van der Waals surface area contributed by atoms with E-state index in [9.17, 15) is 14.4 Å². The maximum atomic E-state index is 12.5. The van der Waals surface area contributed by atoms with E-state index >= 15 is 0 Å². The second-order valence-electron chi connectivity index (χ2n) is 4.53. The van der Waals surface area contributed by atoms with Crippen LogP contribution in [0.4, 0.5) is 0 Å². The number of esters is 1. The van der Waals surface area contributed by atoms with Gasteiger partial charge in [0.05, 0.1) is 18.2 Å². The fraction of sp³-hybridized carbons (Fsp3) is 0.357. The first-order valence-corrected chi connectivity index (χ1v) is 6.27. The van der Waals surface area contributed by atoms with Crippen molar-refractivity contribution in [3.05, 3.63) is 35.4 Å². The standard InChI is InChI=1S/C14H15NO5/c1-20-14(19)11-7-4-8-15(11)12(16)9-5-2-3-6-10(9)13(17)18/h2-3,5-6,11H,4,7-8H2,1H3,(H,17,18). The van der Waals surface area contributed by atoms with Gasteiger partial charge in [-0.15, -0.1) is 0 Å². The highest BCUT2D eigenvalue weighted by molar-refractivity contribution is 6.05. The SMILES string of the molecule is COC(=O)C1CCCN1C(=O)c1ccccc1C(=O)O. The summed E-state index contributed by atoms with van der Waals surface area (Å²) in [6, 6.07) is 5.36. The maximum Gasteiger partial charge on any atom is 0.336 e. The molecule has 0 spiro atoms. The topological polar surface area (TPSA) is 83.9 Å². The first-order valence-electron chi connectivity index (χ1n) is 6.27. The summed E-state index contributed by atoms with van der Waals surface area (Å²) in [6.45, 7) is 0.423. The van der Waals surface area contributed by atoms with E-state index in [-0.39, 0.29) is 11.1 Å². The van der Waals surface area contributed by atoms with Crippen LogP contribution in [-0.4, -0.2) is 47.5 Å². The van der Waals surface area contributed by atoms with E-state index in [1.165, 1.54) is 24.1 Å². The minimum atomic E-state index is -1.16. The molecule has 1 aromatic carbocycles. The molecule has 1 fully saturated rings. The van der Waals surface area contributed by atoms with Crippen molar-refractivity contribution < 1.29 is 24.2 Å². The van der Waals surface area contributed by atoms with Gasteiger partial charge in [0.2, 0.25) is 0 Å². The molecular weight excluding hydrogens is 262 g/mol. The number of benzene rings is 1. The highest BCUT2D eigenvalue weighted by Gasteiger charge is 2.36. The van der Waals surface area contributed by atoms with Crippen molar-refractivity contribution in [3.8, 4) is 0 Å². The monoisotopic (exact) mass is 277 g/mol. The molecule has 1 heterocycles. The number of carbonyl (C=O) groups is 3. The van der Waals surface area contributed by atoms with Crippen LogP contribution in [0.2, 0.25) is 0 Å². The molecule has 0 aliphatic carbocycles. The molecule has 106 valence electrons. The molecule has 0 radical (unpaired) electrons. The van der Waals surface area contributed by atoms with Crippen LogP contribution < -0.4 is 0 Å². The van der Waals surface area contributed by atoms with Gasteiger partial charge >= 0.3 is 11.9 Å². The zero-order valence-electron chi connectivity index (χ0n) is 11.0. The van der Waals surface area contributed by atoms with E-state index in [1.54, 1.807) is 12.1 Å². The Hall–Kier alpha value is -2.37. The highest BCUT2D eigenvalue weighted by atomic mass is 16.5. The lowest BCUT2D eigenvalue weighted by atomic mass is 10.1. The van der Waals surface area contributed by atoms with Gasteiger partial charge in [0.1, 0.15) is 6.04 Å². The number of ether oxygens (including phenoxy) is 1. The van der Waals surface area contributed by atoms with E-state index in [1.807, 2.05) is 0 Å². The number of hydrogen-bond donors (Lipinski definition) is 1. The summed E-state index contributed by atoms with van der Waals surface area (Å²) in [5.74, 6) is -2.08. The number of carboxylic acids is 1. The highest BCUT2D eigenvalue weighted by Crippen LogP contribution is 2.22. The largest absolute Gasteiger partial charge is 0.478 e. The second kappa shape index (κ2) is 5.73. The Morgan fingerprint density at radius 3 is 2.50 bits per heavy atom. The van der Waals surface area contributed by atoms with E-state index in [2.05, 4.69) is 4.74 Å². The third-order valence-electron chi connectivity index (χ3n) is 3.37. The fourth-order valence-electron chi connectivity index (χ4n) is 2.40. The maximum absolute atomic E-state index is 12.5. The first-order chi connectivity index (χ1) is 9.56. The summed E-state index contributed by atoms with van der Waals surface area (Å²) in [5, 5.41) is 9.12. The molecule has 1 aliphatic rings. The number of hydrogen-bond acceptors (Lipinski definition) is 4. The predicted octanol–water partition coefficient (Wildman–Crippen LogP) is 1.16. The Labute approximate surface area is 115 Å². The Morgan fingerprint density at radius 2 is 1.90 bits per heavy atom. The summed E-state index contributed by atoms with van der Waals surface area (Å²) < 4.78 is 4.68. The number of nitrogens with zero attached hydrogens (tertiary/aromatic N) is 1. The summed E-state index contributed by atoms with van der Waals surface area (Å²) in [4.78, 5) is 36.6. The van der Waals surface area contributed by atoms with Crippen LogP contribution in [0.25, 0.3) is 0 Å². The van der Waals surface area contributed by atoms with Crippen LogP contribution in [0.5, 0.6) is 0 Å². The third-order valence-corrected chi connectivity index (χ3v) is 3.37. The Morgan fingerprint density at radius 1 is 1.25 bits per heavy atom. The molecule has 1 saturated heterocycles. The second-order valence-corrected chi connectivity index (χ2v) is 4.53. The molecule has 1 aromatic rings. The van der Waals surface area contributed by atoms with Gasteiger partial charge in [-0.2, -0.15) is 0 Å². The minimum Gasteiger partial charge on any atom is -0.478 e. The molecule has 20 heavy (non-hydrogen) atoms. The Bertz CT molecular complexity index is 554. The van der Waals surface area contributed by atoms with Gasteiger partial charge in [-0.1, -0.05) is 12.1 Å². The van der Waals surface area contributed by atoms with E-state index in [0.717, 1.165) is 0 Å². The molecule has 1 unspecified atom stereocenters. The molecule has 1 aliphatic heterocycles. The number of amides is 1. The van der Waals surface area contributed by atoms with Crippen LogP contribution >= 0.6 is 0 Å². The quantitative estimate of drug-likeness (QED) is 0.838. The average Bonchev–Trinajstić information content (AvgIpc) is 2.95. The lowest BCUT2D eigenvalue weighted by Crippen LogP contribution is -2.41. The van der Waals surface area contributed by atoms with Crippen molar-refractivity contribution in [1.82, 2.24) is 4.90 Å². The summed E-state index contributed by atoms with van der Waals surface area (Å²) in [7, 11) is 1.27. The van der Waals surface area contributed by atoms with Gasteiger partial charge in [-0.05, 0) is 25.0 Å². The lowest BCUT2D eigenvalue weighted by molar-refractivity contribution is -0.145. The van der Waals surface area contributed by atoms with Gasteiger partial charge < -0.3 is 14.7 Å². The van der Waals surface area contributed by atoms with Crippen molar-refractivity contribution in [1.29, 1.82) is 0 Å². The molecule has 1 N–H and O–H groups in total. The molecule has 0 bridgehead atoms. The number of carbonyl (C=O) groups excluding carboxylic acids is 2. The van der Waals surface area contributed by atoms with Crippen LogP contribution in [0.1, 0.15) is 33.6 Å². The molecule has 1 atom stereocenters. The lowest BCUT2D eigenvalue weighted by Gasteiger charge is -2.23. The van der Waals surface area contributed by atoms with E-state index < -0.39 is 23.9 Å². The van der Waals surface area contributed by atoms with Crippen molar-refractivity contribution in [2.75, 3.05) is 13.7 Å². The molecule has 0 aromatic heterocycles. The number of carboxylic acid groups (broad SMARTS) is 1. The normalized spacial score (nSPS) is 17.9. The number of aromatic carboxylic acids is 1. The van der Waals surface area contributed by atoms with E-state index in [0.29, 0.717) is 19.4 Å². The summed E-state index contributed by atoms with van der Waals surface area (Å²) in [5.41, 5.74) is 0.0313. The van der Waals surface area contributed by atoms with E-state index in [4.69, 9.17) is 5.11 Å². The van der Waals surface area contributed by atoms with Crippen molar-refractivity contribution in [2.24, 2.45) is 0 Å². The number of likely N-dealkylation sites (tertiary alicyclic amines) is 1. The van der Waals surface area contributed by atoms with Gasteiger partial charge in [0.15, 0.2) is 0 Å². The predicted molar refractivity (Wildman–Crippen MR) is 69.5 cm³/mol. The number of methoxy groups -OCH3 is 1. The van der Waals surface area contributed by atoms with Crippen molar-refractivity contribution in [2.45, 2.75) is 18.9 Å². The van der Waals surface area contributed by atoms with Crippen LogP contribution in [-0.2, 0) is 9.53 Å². The van der Waals surface area contributed by atoms with Gasteiger partial charge in [0.25, 0.3) is 5.91 Å². The van der Waals surface area contributed by atoms with Gasteiger partial charge in [-0.25, -0.2) is 9.59 Å². The third kappa shape index (κ3) is 2.49. The molecule has 1 amide bonds. The van der Waals surface area contributed by atoms with Gasteiger partial charge in [0, 0.05) is 6.54 Å². The molecule has 2 rings (SSSR count). The Balaban J connectivity index is 2.32. The van der Waals surface area contributed by atoms with Gasteiger partial charge in [-0.3, -0.25) is 4.79 Å². The first kappa shape index (κ1) is 14.0. The average molecular weight is 277 g/mol. The summed E-state index contributed by atoms with van der Waals surface area (Å²) >= 11 is 0. The zero-order chi connectivity index (χ0) is 14.7. The van der Waals surface area contributed by atoms with Crippen molar-refractivity contribution >= 4 is 17.8 Å². The zero-order valence-corrected chi connectivity index (χ0v) is 11.0. The van der Waals surface area contributed by atoms with Crippen molar-refractivity contribution in [3.63, 3.8) is 0 Å².